The molecule has 0 N–H and O–H groups in total. The maximum Gasteiger partial charge on any atom is 0.433 e. The highest BCUT2D eigenvalue weighted by atomic mass is 35.5. The van der Waals surface area contributed by atoms with Gasteiger partial charge in [-0.3, -0.25) is 0 Å². The van der Waals surface area contributed by atoms with Crippen molar-refractivity contribution in [3.05, 3.63) is 76.8 Å². The van der Waals surface area contributed by atoms with E-state index in [0.717, 1.165) is 10.6 Å². The smallest absolute Gasteiger partial charge is 0.228 e. The van der Waals surface area contributed by atoms with Gasteiger partial charge in [0.05, 0.1) is 11.4 Å². The average molecular weight is 406 g/mol. The molecule has 2 heterocycles. The third-order valence-electron chi connectivity index (χ3n) is 4.33. The fourth-order valence-corrected chi connectivity index (χ4v) is 3.17. The fourth-order valence-electron chi connectivity index (χ4n) is 3.05. The lowest BCUT2D eigenvalue weighted by atomic mass is 10.1. The molecule has 0 bridgehead atoms. The van der Waals surface area contributed by atoms with E-state index in [4.69, 9.17) is 11.6 Å². The molecule has 28 heavy (non-hydrogen) atoms. The highest BCUT2D eigenvalue weighted by Gasteiger charge is 2.36. The van der Waals surface area contributed by atoms with E-state index in [1.807, 2.05) is 0 Å². The van der Waals surface area contributed by atoms with Gasteiger partial charge in [-0.05, 0) is 55.0 Å². The molecule has 0 atom stereocenters. The van der Waals surface area contributed by atoms with Gasteiger partial charge in [-0.2, -0.15) is 18.3 Å². The van der Waals surface area contributed by atoms with Crippen molar-refractivity contribution in [2.45, 2.75) is 13.1 Å². The van der Waals surface area contributed by atoms with Gasteiger partial charge < -0.3 is 0 Å². The first-order chi connectivity index (χ1) is 13.2. The Morgan fingerprint density at radius 3 is 2.14 bits per heavy atom. The minimum absolute atomic E-state index is 0.0639. The molecule has 0 saturated heterocycles. The second-order valence-corrected chi connectivity index (χ2v) is 6.67. The average Bonchev–Trinajstić information content (AvgIpc) is 2.97. The van der Waals surface area contributed by atoms with Crippen LogP contribution in [0.25, 0.3) is 28.0 Å². The number of aromatic nitrogens is 3. The zero-order valence-electron chi connectivity index (χ0n) is 14.4. The van der Waals surface area contributed by atoms with E-state index in [1.165, 1.54) is 24.3 Å². The zero-order valence-corrected chi connectivity index (χ0v) is 15.2. The van der Waals surface area contributed by atoms with E-state index in [-0.39, 0.29) is 11.3 Å². The van der Waals surface area contributed by atoms with Gasteiger partial charge in [0.2, 0.25) is 0 Å². The second-order valence-electron chi connectivity index (χ2n) is 6.23. The molecule has 2 aromatic heterocycles. The third-order valence-corrected chi connectivity index (χ3v) is 4.58. The lowest BCUT2D eigenvalue weighted by Gasteiger charge is -2.11. The largest absolute Gasteiger partial charge is 0.433 e. The molecule has 0 aliphatic heterocycles. The monoisotopic (exact) mass is 405 g/mol. The Balaban J connectivity index is 2.04. The number of fused-ring (bicyclic) bond motifs is 1. The number of halogens is 5. The summed E-state index contributed by atoms with van der Waals surface area (Å²) in [6, 6.07) is 12.7. The number of hydrogen-bond acceptors (Lipinski definition) is 2. The molecule has 3 nitrogen and oxygen atoms in total. The number of hydrogen-bond donors (Lipinski definition) is 0. The molecule has 0 radical (unpaired) electrons. The van der Waals surface area contributed by atoms with Crippen LogP contribution >= 0.6 is 11.6 Å². The highest BCUT2D eigenvalue weighted by Crippen LogP contribution is 2.36. The van der Waals surface area contributed by atoms with Crippen molar-refractivity contribution in [3.8, 4) is 22.4 Å². The van der Waals surface area contributed by atoms with E-state index in [0.29, 0.717) is 27.4 Å². The number of aryl methyl sites for hydroxylation is 1. The van der Waals surface area contributed by atoms with Crippen LogP contribution in [-0.2, 0) is 6.18 Å². The van der Waals surface area contributed by atoms with Crippen molar-refractivity contribution in [1.29, 1.82) is 0 Å². The molecular formula is C20H12ClF4N3. The molecule has 0 saturated carbocycles. The van der Waals surface area contributed by atoms with E-state index in [2.05, 4.69) is 10.1 Å². The Morgan fingerprint density at radius 2 is 1.54 bits per heavy atom. The van der Waals surface area contributed by atoms with Gasteiger partial charge in [-0.1, -0.05) is 23.7 Å². The van der Waals surface area contributed by atoms with Crippen molar-refractivity contribution in [1.82, 2.24) is 14.6 Å². The molecular weight excluding hydrogens is 394 g/mol. The Hall–Kier alpha value is -2.93. The van der Waals surface area contributed by atoms with Gasteiger partial charge in [0.15, 0.2) is 11.3 Å². The summed E-state index contributed by atoms with van der Waals surface area (Å²) in [6.45, 7) is 1.62. The second kappa shape index (κ2) is 6.60. The molecule has 8 heteroatoms. The molecule has 0 unspecified atom stereocenters. The first-order valence-corrected chi connectivity index (χ1v) is 8.61. The normalized spacial score (nSPS) is 11.9. The predicted molar refractivity (Wildman–Crippen MR) is 98.6 cm³/mol. The van der Waals surface area contributed by atoms with Crippen LogP contribution in [0.2, 0.25) is 5.02 Å². The zero-order chi connectivity index (χ0) is 20.1. The Bertz CT molecular complexity index is 1160. The molecule has 4 rings (SSSR count). The van der Waals surface area contributed by atoms with Gasteiger partial charge in [0, 0.05) is 16.1 Å². The molecule has 0 aliphatic carbocycles. The van der Waals surface area contributed by atoms with E-state index < -0.39 is 17.7 Å². The molecule has 142 valence electrons. The van der Waals surface area contributed by atoms with Crippen molar-refractivity contribution in [2.75, 3.05) is 0 Å². The third kappa shape index (κ3) is 3.22. The lowest BCUT2D eigenvalue weighted by molar-refractivity contribution is -0.142. The van der Waals surface area contributed by atoms with E-state index in [9.17, 15) is 17.6 Å². The van der Waals surface area contributed by atoms with Gasteiger partial charge in [0.1, 0.15) is 5.82 Å². The van der Waals surface area contributed by atoms with Crippen LogP contribution in [0.5, 0.6) is 0 Å². The lowest BCUT2D eigenvalue weighted by Crippen LogP contribution is -2.13. The SMILES string of the molecule is Cc1nn2c(C(F)(F)F)cc(-c3ccc(F)cc3)nc2c1-c1ccc(Cl)cc1. The van der Waals surface area contributed by atoms with Gasteiger partial charge >= 0.3 is 6.18 Å². The maximum absolute atomic E-state index is 13.7. The summed E-state index contributed by atoms with van der Waals surface area (Å²) in [5.74, 6) is -0.483. The van der Waals surface area contributed by atoms with Crippen LogP contribution in [0.1, 0.15) is 11.4 Å². The van der Waals surface area contributed by atoms with Crippen LogP contribution < -0.4 is 0 Å². The van der Waals surface area contributed by atoms with E-state index >= 15 is 0 Å². The molecule has 0 spiro atoms. The molecule has 2 aromatic carbocycles. The standard InChI is InChI=1S/C20H12ClF4N3/c1-11-18(13-2-6-14(21)7-3-13)19-26-16(12-4-8-15(22)9-5-12)10-17(20(23,24)25)28(19)27-11/h2-10H,1H3. The topological polar surface area (TPSA) is 30.2 Å². The van der Waals surface area contributed by atoms with Crippen LogP contribution in [0, 0.1) is 12.7 Å². The van der Waals surface area contributed by atoms with Crippen molar-refractivity contribution >= 4 is 17.2 Å². The van der Waals surface area contributed by atoms with Crippen LogP contribution in [0.4, 0.5) is 17.6 Å². The first-order valence-electron chi connectivity index (χ1n) is 8.23. The Morgan fingerprint density at radius 1 is 0.929 bits per heavy atom. The Kier molecular flexibility index (Phi) is 4.34. The van der Waals surface area contributed by atoms with Crippen LogP contribution in [0.3, 0.4) is 0 Å². The van der Waals surface area contributed by atoms with Crippen molar-refractivity contribution < 1.29 is 17.6 Å². The number of benzene rings is 2. The molecule has 0 fully saturated rings. The maximum atomic E-state index is 13.7. The van der Waals surface area contributed by atoms with Crippen LogP contribution in [0.15, 0.2) is 54.6 Å². The fraction of sp³-hybridized carbons (Fsp3) is 0.100. The van der Waals surface area contributed by atoms with Crippen molar-refractivity contribution in [3.63, 3.8) is 0 Å². The van der Waals surface area contributed by atoms with Gasteiger partial charge in [-0.25, -0.2) is 13.9 Å². The first kappa shape index (κ1) is 18.4. The number of nitrogens with zero attached hydrogens (tertiary/aromatic N) is 3. The summed E-state index contributed by atoms with van der Waals surface area (Å²) in [7, 11) is 0. The van der Waals surface area contributed by atoms with Crippen LogP contribution in [-0.4, -0.2) is 14.6 Å². The summed E-state index contributed by atoms with van der Waals surface area (Å²) in [5, 5.41) is 4.58. The molecule has 0 aliphatic rings. The van der Waals surface area contributed by atoms with Crippen molar-refractivity contribution in [2.24, 2.45) is 0 Å². The molecule has 0 amide bonds. The summed E-state index contributed by atoms with van der Waals surface area (Å²) in [4.78, 5) is 4.41. The van der Waals surface area contributed by atoms with Gasteiger partial charge in [0.25, 0.3) is 0 Å². The minimum Gasteiger partial charge on any atom is -0.228 e. The predicted octanol–water partition coefficient (Wildman–Crippen LogP) is 6.18. The number of rotatable bonds is 2. The summed E-state index contributed by atoms with van der Waals surface area (Å²) in [6.07, 6.45) is -4.65. The minimum atomic E-state index is -4.65. The highest BCUT2D eigenvalue weighted by molar-refractivity contribution is 6.30. The summed E-state index contributed by atoms with van der Waals surface area (Å²) in [5.41, 5.74) is 1.08. The quantitative estimate of drug-likeness (QED) is 0.372. The van der Waals surface area contributed by atoms with E-state index in [1.54, 1.807) is 31.2 Å². The number of alkyl halides is 3. The Labute approximate surface area is 162 Å². The summed E-state index contributed by atoms with van der Waals surface area (Å²) >= 11 is 5.92. The van der Waals surface area contributed by atoms with Gasteiger partial charge in [-0.15, -0.1) is 0 Å². The molecule has 4 aromatic rings. The summed E-state index contributed by atoms with van der Waals surface area (Å²) < 4.78 is 55.1.